The summed E-state index contributed by atoms with van der Waals surface area (Å²) in [6, 6.07) is 8.35. The lowest BCUT2D eigenvalue weighted by atomic mass is 9.96. The Labute approximate surface area is 92.4 Å². The molecule has 0 aliphatic heterocycles. The first kappa shape index (κ1) is 12.2. The van der Waals surface area contributed by atoms with Crippen LogP contribution >= 0.6 is 0 Å². The van der Waals surface area contributed by atoms with E-state index in [1.165, 1.54) is 11.1 Å². The van der Waals surface area contributed by atoms with Crippen LogP contribution in [0, 0.1) is 0 Å². The summed E-state index contributed by atoms with van der Waals surface area (Å²) in [5.41, 5.74) is 8.25. The van der Waals surface area contributed by atoms with Crippen LogP contribution in [0.25, 0.3) is 0 Å². The molecule has 0 fully saturated rings. The first-order chi connectivity index (χ1) is 7.15. The highest BCUT2D eigenvalue weighted by molar-refractivity contribution is 5.29. The molecule has 2 N–H and O–H groups in total. The lowest BCUT2D eigenvalue weighted by Crippen LogP contribution is -2.12. The van der Waals surface area contributed by atoms with Crippen LogP contribution in [0.1, 0.15) is 37.8 Å². The molecule has 2 nitrogen and oxygen atoms in total. The highest BCUT2D eigenvalue weighted by Gasteiger charge is 2.08. The summed E-state index contributed by atoms with van der Waals surface area (Å²) in [5.74, 6) is 0.400. The minimum absolute atomic E-state index is 0.270. The zero-order valence-corrected chi connectivity index (χ0v) is 9.86. The zero-order chi connectivity index (χ0) is 11.3. The Morgan fingerprint density at radius 2 is 1.87 bits per heavy atom. The lowest BCUT2D eigenvalue weighted by molar-refractivity contribution is 0.0651. The average Bonchev–Trinajstić information content (AvgIpc) is 2.25. The third kappa shape index (κ3) is 3.65. The summed E-state index contributed by atoms with van der Waals surface area (Å²) in [6.07, 6.45) is 0.270. The maximum absolute atomic E-state index is 5.69. The van der Waals surface area contributed by atoms with Crippen molar-refractivity contribution in [3.63, 3.8) is 0 Å². The Morgan fingerprint density at radius 1 is 1.20 bits per heavy atom. The molecule has 0 bridgehead atoms. The molecular formula is C13H21NO. The molecule has 1 rings (SSSR count). The Balaban J connectivity index is 2.77. The van der Waals surface area contributed by atoms with E-state index in [1.807, 2.05) is 6.07 Å². The smallest absolute Gasteiger partial charge is 0.0723 e. The van der Waals surface area contributed by atoms with Gasteiger partial charge in [0.05, 0.1) is 12.7 Å². The van der Waals surface area contributed by atoms with Crippen LogP contribution in [-0.2, 0) is 11.3 Å². The van der Waals surface area contributed by atoms with Gasteiger partial charge in [0.1, 0.15) is 0 Å². The molecule has 0 aliphatic rings. The van der Waals surface area contributed by atoms with Crippen molar-refractivity contribution in [2.75, 3.05) is 6.54 Å². The van der Waals surface area contributed by atoms with Crippen LogP contribution in [-0.4, -0.2) is 12.6 Å². The number of rotatable bonds is 5. The van der Waals surface area contributed by atoms with Crippen molar-refractivity contribution in [3.8, 4) is 0 Å². The molecule has 0 aliphatic carbocycles. The van der Waals surface area contributed by atoms with Crippen LogP contribution in [0.15, 0.2) is 24.3 Å². The van der Waals surface area contributed by atoms with Crippen LogP contribution in [0.3, 0.4) is 0 Å². The molecule has 15 heavy (non-hydrogen) atoms. The summed E-state index contributed by atoms with van der Waals surface area (Å²) in [5, 5.41) is 0. The molecule has 0 heterocycles. The van der Waals surface area contributed by atoms with Crippen molar-refractivity contribution in [1.82, 2.24) is 0 Å². The first-order valence-corrected chi connectivity index (χ1v) is 5.54. The minimum atomic E-state index is 0.270. The fourth-order valence-electron chi connectivity index (χ4n) is 1.53. The Kier molecular flexibility index (Phi) is 4.79. The molecule has 0 radical (unpaired) electrons. The van der Waals surface area contributed by atoms with Gasteiger partial charge in [-0.25, -0.2) is 0 Å². The second kappa shape index (κ2) is 5.89. The molecule has 0 saturated carbocycles. The van der Waals surface area contributed by atoms with Gasteiger partial charge in [0.2, 0.25) is 0 Å². The molecule has 1 aromatic carbocycles. The maximum Gasteiger partial charge on any atom is 0.0723 e. The predicted molar refractivity (Wildman–Crippen MR) is 63.8 cm³/mol. The maximum atomic E-state index is 5.69. The Morgan fingerprint density at radius 3 is 2.47 bits per heavy atom. The van der Waals surface area contributed by atoms with Crippen molar-refractivity contribution in [3.05, 3.63) is 35.4 Å². The summed E-state index contributed by atoms with van der Waals surface area (Å²) in [7, 11) is 0. The van der Waals surface area contributed by atoms with E-state index in [4.69, 9.17) is 10.5 Å². The number of benzene rings is 1. The van der Waals surface area contributed by atoms with Crippen LogP contribution in [0.2, 0.25) is 0 Å². The summed E-state index contributed by atoms with van der Waals surface area (Å²) >= 11 is 0. The topological polar surface area (TPSA) is 35.2 Å². The van der Waals surface area contributed by atoms with Gasteiger partial charge in [0.15, 0.2) is 0 Å². The molecule has 84 valence electrons. The van der Waals surface area contributed by atoms with Gasteiger partial charge in [-0.15, -0.1) is 0 Å². The van der Waals surface area contributed by atoms with E-state index >= 15 is 0 Å². The van der Waals surface area contributed by atoms with E-state index in [0.717, 1.165) is 0 Å². The third-order valence-corrected chi connectivity index (χ3v) is 2.51. The van der Waals surface area contributed by atoms with Gasteiger partial charge in [-0.2, -0.15) is 0 Å². The van der Waals surface area contributed by atoms with Crippen molar-refractivity contribution in [2.45, 2.75) is 39.4 Å². The molecule has 1 atom stereocenters. The van der Waals surface area contributed by atoms with Gasteiger partial charge in [0.25, 0.3) is 0 Å². The van der Waals surface area contributed by atoms with Crippen LogP contribution < -0.4 is 5.73 Å². The predicted octanol–water partition coefficient (Wildman–Crippen LogP) is 2.67. The number of hydrogen-bond acceptors (Lipinski definition) is 2. The third-order valence-electron chi connectivity index (χ3n) is 2.51. The molecule has 1 unspecified atom stereocenters. The van der Waals surface area contributed by atoms with Gasteiger partial charge in [-0.05, 0) is 37.4 Å². The fourth-order valence-corrected chi connectivity index (χ4v) is 1.53. The van der Waals surface area contributed by atoms with E-state index in [-0.39, 0.29) is 6.10 Å². The van der Waals surface area contributed by atoms with Gasteiger partial charge >= 0.3 is 0 Å². The molecule has 0 spiro atoms. The van der Waals surface area contributed by atoms with Crippen molar-refractivity contribution in [1.29, 1.82) is 0 Å². The second-order valence-corrected chi connectivity index (χ2v) is 4.20. The molecule has 2 heteroatoms. The first-order valence-electron chi connectivity index (χ1n) is 5.54. The lowest BCUT2D eigenvalue weighted by Gasteiger charge is -2.16. The number of ether oxygens (including phenoxy) is 1. The molecular weight excluding hydrogens is 186 g/mol. The van der Waals surface area contributed by atoms with Crippen LogP contribution in [0.4, 0.5) is 0 Å². The van der Waals surface area contributed by atoms with Gasteiger partial charge in [-0.1, -0.05) is 31.2 Å². The molecule has 0 saturated heterocycles. The highest BCUT2D eigenvalue weighted by atomic mass is 16.5. The average molecular weight is 207 g/mol. The Hall–Kier alpha value is -0.860. The van der Waals surface area contributed by atoms with Crippen molar-refractivity contribution >= 4 is 0 Å². The SMILES string of the molecule is CC(C)OCc1ccccc1C(C)CN. The molecule has 0 amide bonds. The van der Waals surface area contributed by atoms with E-state index < -0.39 is 0 Å². The summed E-state index contributed by atoms with van der Waals surface area (Å²) < 4.78 is 5.62. The molecule has 0 aromatic heterocycles. The van der Waals surface area contributed by atoms with E-state index in [1.54, 1.807) is 0 Å². The second-order valence-electron chi connectivity index (χ2n) is 4.20. The van der Waals surface area contributed by atoms with Crippen molar-refractivity contribution in [2.24, 2.45) is 5.73 Å². The van der Waals surface area contributed by atoms with E-state index in [0.29, 0.717) is 19.1 Å². The largest absolute Gasteiger partial charge is 0.374 e. The van der Waals surface area contributed by atoms with Crippen molar-refractivity contribution < 1.29 is 4.74 Å². The standard InChI is InChI=1S/C13H21NO/c1-10(2)15-9-12-6-4-5-7-13(12)11(3)8-14/h4-7,10-11H,8-9,14H2,1-3H3. The molecule has 1 aromatic rings. The summed E-state index contributed by atoms with van der Waals surface area (Å²) in [4.78, 5) is 0. The Bertz CT molecular complexity index is 296. The van der Waals surface area contributed by atoms with E-state index in [9.17, 15) is 0 Å². The number of hydrogen-bond donors (Lipinski definition) is 1. The minimum Gasteiger partial charge on any atom is -0.374 e. The monoisotopic (exact) mass is 207 g/mol. The van der Waals surface area contributed by atoms with Gasteiger partial charge < -0.3 is 10.5 Å². The quantitative estimate of drug-likeness (QED) is 0.805. The summed E-state index contributed by atoms with van der Waals surface area (Å²) in [6.45, 7) is 7.61. The fraction of sp³-hybridized carbons (Fsp3) is 0.538. The van der Waals surface area contributed by atoms with Crippen LogP contribution in [0.5, 0.6) is 0 Å². The number of nitrogens with two attached hydrogens (primary N) is 1. The van der Waals surface area contributed by atoms with Gasteiger partial charge in [0, 0.05) is 0 Å². The normalized spacial score (nSPS) is 13.1. The van der Waals surface area contributed by atoms with Gasteiger partial charge in [-0.3, -0.25) is 0 Å². The highest BCUT2D eigenvalue weighted by Crippen LogP contribution is 2.19. The zero-order valence-electron chi connectivity index (χ0n) is 9.86. The van der Waals surface area contributed by atoms with E-state index in [2.05, 4.69) is 39.0 Å².